The molecular weight excluding hydrogens is 637 g/mol. The minimum absolute atomic E-state index is 0.852. The first-order chi connectivity index (χ1) is 24.6. The lowest BCUT2D eigenvalue weighted by molar-refractivity contribution is 1.30. The van der Waals surface area contributed by atoms with Crippen molar-refractivity contribution >= 4 is 54.4 Å². The summed E-state index contributed by atoms with van der Waals surface area (Å²) in [5, 5.41) is 0. The summed E-state index contributed by atoms with van der Waals surface area (Å²) < 4.78 is 0. The number of aryl methyl sites for hydroxylation is 3. The van der Waals surface area contributed by atoms with Crippen molar-refractivity contribution in [2.45, 2.75) is 40.4 Å². The molecule has 0 fully saturated rings. The third-order valence-corrected chi connectivity index (χ3v) is 10.2. The number of H-pyrrole nitrogens is 2. The Morgan fingerprint density at radius 1 is 0.431 bits per heavy atom. The van der Waals surface area contributed by atoms with Crippen molar-refractivity contribution in [1.29, 1.82) is 0 Å². The van der Waals surface area contributed by atoms with Crippen LogP contribution in [0.3, 0.4) is 0 Å². The lowest BCUT2D eigenvalue weighted by Crippen LogP contribution is -2.16. The van der Waals surface area contributed by atoms with Gasteiger partial charge in [-0.25, -0.2) is 9.97 Å². The molecule has 51 heavy (non-hydrogen) atoms. The number of benzene rings is 3. The van der Waals surface area contributed by atoms with Gasteiger partial charge in [0.15, 0.2) is 0 Å². The fraction of sp³-hybridized carbons (Fsp3) is 0.130. The highest BCUT2D eigenvalue weighted by Gasteiger charge is 2.18. The zero-order valence-corrected chi connectivity index (χ0v) is 30.9. The predicted octanol–water partition coefficient (Wildman–Crippen LogP) is 11.8. The van der Waals surface area contributed by atoms with Crippen LogP contribution >= 0.6 is 0 Å². The number of fused-ring (bicyclic) bond motifs is 8. The summed E-state index contributed by atoms with van der Waals surface area (Å²) in [6, 6.07) is 34.7. The average molecular weight is 677 g/mol. The highest BCUT2D eigenvalue weighted by molar-refractivity contribution is 6.83. The van der Waals surface area contributed by atoms with Gasteiger partial charge in [-0.3, -0.25) is 0 Å². The van der Waals surface area contributed by atoms with E-state index in [0.29, 0.717) is 0 Å². The fourth-order valence-corrected chi connectivity index (χ4v) is 7.16. The molecule has 0 amide bonds. The summed E-state index contributed by atoms with van der Waals surface area (Å²) in [7, 11) is -1.71. The third-order valence-electron chi connectivity index (χ3n) is 9.34. The Kier molecular flexibility index (Phi) is 8.05. The Bertz CT molecular complexity index is 2570. The van der Waals surface area contributed by atoms with E-state index in [9.17, 15) is 0 Å². The van der Waals surface area contributed by atoms with Crippen molar-refractivity contribution in [3.63, 3.8) is 0 Å². The quantitative estimate of drug-likeness (QED) is 0.145. The molecule has 8 rings (SSSR count). The monoisotopic (exact) mass is 676 g/mol. The van der Waals surface area contributed by atoms with Gasteiger partial charge >= 0.3 is 0 Å². The molecule has 2 aliphatic heterocycles. The number of aromatic amines is 2. The van der Waals surface area contributed by atoms with Crippen LogP contribution in [0.15, 0.2) is 97.1 Å². The van der Waals surface area contributed by atoms with Gasteiger partial charge in [-0.1, -0.05) is 115 Å². The third kappa shape index (κ3) is 6.43. The molecule has 4 nitrogen and oxygen atoms in total. The number of nitrogens with one attached hydrogen (secondary N) is 2. The van der Waals surface area contributed by atoms with Gasteiger partial charge in [-0.05, 0) is 86.0 Å². The molecule has 0 aliphatic carbocycles. The Morgan fingerprint density at radius 2 is 0.765 bits per heavy atom. The summed E-state index contributed by atoms with van der Waals surface area (Å²) in [6.07, 6.45) is 8.53. The second kappa shape index (κ2) is 12.7. The van der Waals surface area contributed by atoms with Gasteiger partial charge in [0.1, 0.15) is 8.07 Å². The number of hydrogen-bond donors (Lipinski definition) is 2. The second-order valence-electron chi connectivity index (χ2n) is 14.6. The van der Waals surface area contributed by atoms with Gasteiger partial charge in [0.05, 0.1) is 33.9 Å². The van der Waals surface area contributed by atoms with Crippen LogP contribution in [0, 0.1) is 32.2 Å². The molecule has 2 N–H and O–H groups in total. The van der Waals surface area contributed by atoms with Gasteiger partial charge in [-0.15, -0.1) is 5.54 Å². The van der Waals surface area contributed by atoms with Crippen molar-refractivity contribution in [3.8, 4) is 44.8 Å². The highest BCUT2D eigenvalue weighted by Crippen LogP contribution is 2.37. The summed E-state index contributed by atoms with van der Waals surface area (Å²) in [6.45, 7) is 13.2. The number of rotatable bonds is 3. The molecule has 0 radical (unpaired) electrons. The van der Waals surface area contributed by atoms with E-state index in [0.717, 1.165) is 83.8 Å². The predicted molar refractivity (Wildman–Crippen MR) is 220 cm³/mol. The van der Waals surface area contributed by atoms with E-state index < -0.39 is 8.07 Å². The molecule has 3 aromatic heterocycles. The SMILES string of the molecule is Cc1ccc(-c2c3nc(c(-c4ccc(C)cc4)c4ccc([nH]4)c(-c4ccc(C)cc4)c4nc(c(C#C[Si](C)(C)C)c5ccc2[nH]5)C=C4)C=C3)cc1. The number of hydrogen-bond acceptors (Lipinski definition) is 2. The largest absolute Gasteiger partial charge is 0.354 e. The highest BCUT2D eigenvalue weighted by atomic mass is 28.3. The van der Waals surface area contributed by atoms with Crippen LogP contribution in [0.2, 0.25) is 19.6 Å². The molecule has 0 atom stereocenters. The maximum absolute atomic E-state index is 5.39. The second-order valence-corrected chi connectivity index (χ2v) is 19.4. The van der Waals surface area contributed by atoms with Gasteiger partial charge in [0.25, 0.3) is 0 Å². The first-order valence-electron chi connectivity index (χ1n) is 17.5. The standard InChI is InChI=1S/C46H40N4Si/c1-29-7-13-32(14-8-29)44-38-21-19-36(47-38)35(27-28-51(4,5)6)37-20-22-39(48-37)45(33-15-9-30(2)10-16-33)41-24-26-43(50-41)46(42-25-23-40(44)49-42)34-17-11-31(3)12-18-34/h7-26,47,50H,1-6H3. The van der Waals surface area contributed by atoms with Crippen LogP contribution in [0.1, 0.15) is 45.0 Å². The molecule has 0 saturated heterocycles. The first kappa shape index (κ1) is 32.3. The molecule has 2 aliphatic rings. The van der Waals surface area contributed by atoms with Crippen LogP contribution in [-0.4, -0.2) is 28.0 Å². The maximum Gasteiger partial charge on any atom is 0.129 e. The average Bonchev–Trinajstić information content (AvgIpc) is 3.94. The molecule has 0 saturated carbocycles. The van der Waals surface area contributed by atoms with Crippen LogP contribution < -0.4 is 0 Å². The summed E-state index contributed by atoms with van der Waals surface area (Å²) in [5.41, 5.74) is 22.0. The first-order valence-corrected chi connectivity index (χ1v) is 21.0. The van der Waals surface area contributed by atoms with Gasteiger partial charge in [0, 0.05) is 33.2 Å². The molecule has 5 heteroatoms. The molecule has 6 aromatic rings. The maximum atomic E-state index is 5.39. The molecule has 3 aromatic carbocycles. The Balaban J connectivity index is 1.56. The lowest BCUT2D eigenvalue weighted by atomic mass is 10.0. The Labute approximate surface area is 300 Å². The number of nitrogens with zero attached hydrogens (tertiary/aromatic N) is 2. The van der Waals surface area contributed by atoms with Crippen LogP contribution in [0.25, 0.3) is 79.8 Å². The van der Waals surface area contributed by atoms with Crippen molar-refractivity contribution < 1.29 is 0 Å². The van der Waals surface area contributed by atoms with E-state index in [2.05, 4.69) is 183 Å². The van der Waals surface area contributed by atoms with E-state index in [-0.39, 0.29) is 0 Å². The van der Waals surface area contributed by atoms with Crippen molar-refractivity contribution in [2.75, 3.05) is 0 Å². The smallest absolute Gasteiger partial charge is 0.129 e. The molecular formula is C46H40N4Si. The topological polar surface area (TPSA) is 57.4 Å². The molecule has 0 unspecified atom stereocenters. The summed E-state index contributed by atoms with van der Waals surface area (Å²) in [5.74, 6) is 3.60. The van der Waals surface area contributed by atoms with Crippen LogP contribution in [-0.2, 0) is 0 Å². The lowest BCUT2D eigenvalue weighted by Gasteiger charge is -2.07. The van der Waals surface area contributed by atoms with Crippen molar-refractivity contribution in [1.82, 2.24) is 19.9 Å². The van der Waals surface area contributed by atoms with Crippen LogP contribution in [0.4, 0.5) is 0 Å². The molecule has 8 bridgehead atoms. The minimum atomic E-state index is -1.71. The molecule has 0 spiro atoms. The number of aromatic nitrogens is 4. The molecule has 248 valence electrons. The summed E-state index contributed by atoms with van der Waals surface area (Å²) >= 11 is 0. The van der Waals surface area contributed by atoms with Gasteiger partial charge in [-0.2, -0.15) is 0 Å². The van der Waals surface area contributed by atoms with E-state index in [1.54, 1.807) is 0 Å². The van der Waals surface area contributed by atoms with E-state index in [1.165, 1.54) is 16.7 Å². The Morgan fingerprint density at radius 3 is 1.16 bits per heavy atom. The Hall–Kier alpha value is -5.96. The zero-order chi connectivity index (χ0) is 35.3. The van der Waals surface area contributed by atoms with E-state index in [1.807, 2.05) is 0 Å². The van der Waals surface area contributed by atoms with Gasteiger partial charge in [0.2, 0.25) is 0 Å². The molecule has 5 heterocycles. The van der Waals surface area contributed by atoms with E-state index >= 15 is 0 Å². The van der Waals surface area contributed by atoms with Crippen molar-refractivity contribution in [3.05, 3.63) is 142 Å². The fourth-order valence-electron chi connectivity index (χ4n) is 6.66. The van der Waals surface area contributed by atoms with E-state index in [4.69, 9.17) is 9.97 Å². The van der Waals surface area contributed by atoms with Gasteiger partial charge < -0.3 is 9.97 Å². The zero-order valence-electron chi connectivity index (χ0n) is 29.9. The van der Waals surface area contributed by atoms with Crippen molar-refractivity contribution in [2.24, 2.45) is 0 Å². The normalized spacial score (nSPS) is 12.2. The summed E-state index contributed by atoms with van der Waals surface area (Å²) in [4.78, 5) is 18.3. The van der Waals surface area contributed by atoms with Crippen LogP contribution in [0.5, 0.6) is 0 Å². The minimum Gasteiger partial charge on any atom is -0.354 e.